The number of fused-ring (bicyclic) bond motifs is 1. The number of carbonyl (C=O) groups is 1. The van der Waals surface area contributed by atoms with E-state index in [0.29, 0.717) is 13.0 Å². The van der Waals surface area contributed by atoms with Gasteiger partial charge in [-0.25, -0.2) is 4.98 Å². The summed E-state index contributed by atoms with van der Waals surface area (Å²) in [5.41, 5.74) is -1.04. The molecule has 30 heavy (non-hydrogen) atoms. The van der Waals surface area contributed by atoms with Gasteiger partial charge >= 0.3 is 6.18 Å². The average molecular weight is 426 g/mol. The van der Waals surface area contributed by atoms with Gasteiger partial charge in [-0.2, -0.15) is 13.2 Å². The van der Waals surface area contributed by atoms with E-state index in [0.717, 1.165) is 35.3 Å². The smallest absolute Gasteiger partial charge is 0.354 e. The summed E-state index contributed by atoms with van der Waals surface area (Å²) in [5, 5.41) is 2.73. The van der Waals surface area contributed by atoms with Crippen LogP contribution < -0.4 is 10.9 Å². The topological polar surface area (TPSA) is 67.2 Å². The summed E-state index contributed by atoms with van der Waals surface area (Å²) in [5.74, 6) is -0.504. The van der Waals surface area contributed by atoms with Crippen LogP contribution in [0.25, 0.3) is 11.0 Å². The molecule has 1 aromatic carbocycles. The first kappa shape index (κ1) is 23.9. The predicted molar refractivity (Wildman–Crippen MR) is 111 cm³/mol. The van der Waals surface area contributed by atoms with Gasteiger partial charge in [0, 0.05) is 6.54 Å². The number of hydrogen-bond donors (Lipinski definition) is 1. The molecule has 6 nitrogen and oxygen atoms in total. The third kappa shape index (κ3) is 5.19. The number of aryl methyl sites for hydroxylation is 2. The minimum Gasteiger partial charge on any atom is -0.354 e. The molecule has 2 aromatic rings. The highest BCUT2D eigenvalue weighted by atomic mass is 19.4. The van der Waals surface area contributed by atoms with Gasteiger partial charge in [0.2, 0.25) is 11.6 Å². The number of nitrogens with zero attached hydrogens (tertiary/aromatic N) is 3. The zero-order chi connectivity index (χ0) is 22.6. The summed E-state index contributed by atoms with van der Waals surface area (Å²) in [6.07, 6.45) is -4.20. The fourth-order valence-corrected chi connectivity index (χ4v) is 3.35. The molecule has 0 fully saturated rings. The number of benzene rings is 1. The van der Waals surface area contributed by atoms with Crippen LogP contribution in [0, 0.1) is 13.8 Å². The first-order chi connectivity index (χ1) is 14.0. The Balaban J connectivity index is 2.38. The molecule has 0 spiro atoms. The van der Waals surface area contributed by atoms with Crippen molar-refractivity contribution in [3.05, 3.63) is 39.3 Å². The molecule has 0 saturated heterocycles. The van der Waals surface area contributed by atoms with Crippen molar-refractivity contribution in [3.63, 3.8) is 0 Å². The van der Waals surface area contributed by atoms with Crippen LogP contribution in [0.4, 0.5) is 13.2 Å². The Kier molecular flexibility index (Phi) is 7.63. The molecule has 1 aromatic heterocycles. The summed E-state index contributed by atoms with van der Waals surface area (Å²) in [4.78, 5) is 31.1. The van der Waals surface area contributed by atoms with E-state index in [1.54, 1.807) is 19.9 Å². The number of rotatable bonds is 8. The molecular weight excluding hydrogens is 397 g/mol. The number of halogens is 3. The lowest BCUT2D eigenvalue weighted by Crippen LogP contribution is -2.39. The Hall–Kier alpha value is -2.42. The first-order valence-electron chi connectivity index (χ1n) is 10.1. The number of hydrogen-bond acceptors (Lipinski definition) is 4. The number of amides is 1. The number of carbonyl (C=O) groups excluding carboxylic acids is 1. The van der Waals surface area contributed by atoms with Crippen molar-refractivity contribution in [2.75, 3.05) is 26.2 Å². The Morgan fingerprint density at radius 1 is 1.20 bits per heavy atom. The molecule has 1 atom stereocenters. The summed E-state index contributed by atoms with van der Waals surface area (Å²) in [7, 11) is 0. The lowest BCUT2D eigenvalue weighted by molar-refractivity contribution is -0.142. The summed E-state index contributed by atoms with van der Waals surface area (Å²) in [6.45, 7) is 12.1. The average Bonchev–Trinajstić information content (AvgIpc) is 2.67. The van der Waals surface area contributed by atoms with Crippen LogP contribution in [0.2, 0.25) is 0 Å². The van der Waals surface area contributed by atoms with Gasteiger partial charge in [-0.3, -0.25) is 14.2 Å². The van der Waals surface area contributed by atoms with Crippen molar-refractivity contribution < 1.29 is 18.0 Å². The van der Waals surface area contributed by atoms with Crippen LogP contribution in [-0.2, 0) is 11.0 Å². The van der Waals surface area contributed by atoms with E-state index in [4.69, 9.17) is 0 Å². The highest BCUT2D eigenvalue weighted by Gasteiger charge is 2.38. The quantitative estimate of drug-likeness (QED) is 0.657. The molecule has 1 heterocycles. The van der Waals surface area contributed by atoms with Gasteiger partial charge in [0.05, 0.1) is 11.0 Å². The Labute approximate surface area is 174 Å². The maximum atomic E-state index is 13.4. The van der Waals surface area contributed by atoms with Crippen LogP contribution in [0.5, 0.6) is 0 Å². The summed E-state index contributed by atoms with van der Waals surface area (Å²) >= 11 is 0. The Morgan fingerprint density at radius 3 is 2.37 bits per heavy atom. The minimum atomic E-state index is -4.91. The lowest BCUT2D eigenvalue weighted by atomic mass is 10.1. The lowest BCUT2D eigenvalue weighted by Gasteiger charge is -2.21. The van der Waals surface area contributed by atoms with Crippen molar-refractivity contribution in [3.8, 4) is 0 Å². The molecule has 0 aliphatic carbocycles. The third-order valence-electron chi connectivity index (χ3n) is 5.38. The van der Waals surface area contributed by atoms with Crippen LogP contribution in [0.15, 0.2) is 16.9 Å². The van der Waals surface area contributed by atoms with Crippen LogP contribution in [-0.4, -0.2) is 46.5 Å². The molecule has 0 radical (unpaired) electrons. The van der Waals surface area contributed by atoms with E-state index < -0.39 is 29.4 Å². The van der Waals surface area contributed by atoms with E-state index in [1.807, 2.05) is 13.8 Å². The largest absolute Gasteiger partial charge is 0.438 e. The minimum absolute atomic E-state index is 0.0335. The van der Waals surface area contributed by atoms with Gasteiger partial charge in [-0.05, 0) is 70.1 Å². The fraction of sp³-hybridized carbons (Fsp3) is 0.571. The van der Waals surface area contributed by atoms with E-state index >= 15 is 0 Å². The molecular formula is C21H29F3N4O2. The second-order valence-corrected chi connectivity index (χ2v) is 7.41. The zero-order valence-corrected chi connectivity index (χ0v) is 18.1. The van der Waals surface area contributed by atoms with E-state index in [9.17, 15) is 22.8 Å². The van der Waals surface area contributed by atoms with Crippen molar-refractivity contribution in [1.82, 2.24) is 19.8 Å². The monoisotopic (exact) mass is 426 g/mol. The zero-order valence-electron chi connectivity index (χ0n) is 18.1. The Morgan fingerprint density at radius 2 is 1.80 bits per heavy atom. The summed E-state index contributed by atoms with van der Waals surface area (Å²) in [6, 6.07) is 1.99. The number of alkyl halides is 3. The highest BCUT2D eigenvalue weighted by molar-refractivity contribution is 5.84. The van der Waals surface area contributed by atoms with Crippen molar-refractivity contribution >= 4 is 16.9 Å². The molecule has 1 N–H and O–H groups in total. The summed E-state index contributed by atoms with van der Waals surface area (Å²) < 4.78 is 41.1. The number of nitrogens with one attached hydrogen (secondary N) is 1. The van der Waals surface area contributed by atoms with E-state index in [-0.39, 0.29) is 11.0 Å². The number of aromatic nitrogens is 2. The second kappa shape index (κ2) is 9.59. The van der Waals surface area contributed by atoms with Gasteiger partial charge in [-0.15, -0.1) is 0 Å². The molecule has 0 aliphatic rings. The predicted octanol–water partition coefficient (Wildman–Crippen LogP) is 3.44. The maximum Gasteiger partial charge on any atom is 0.438 e. The second-order valence-electron chi connectivity index (χ2n) is 7.41. The van der Waals surface area contributed by atoms with Gasteiger partial charge in [0.25, 0.3) is 5.56 Å². The molecule has 166 valence electrons. The highest BCUT2D eigenvalue weighted by Crippen LogP contribution is 2.28. The molecule has 1 unspecified atom stereocenters. The van der Waals surface area contributed by atoms with E-state index in [1.165, 1.54) is 13.0 Å². The van der Waals surface area contributed by atoms with Crippen LogP contribution in [0.1, 0.15) is 50.1 Å². The third-order valence-corrected chi connectivity index (χ3v) is 5.38. The molecule has 0 aliphatic heterocycles. The van der Waals surface area contributed by atoms with Gasteiger partial charge in [0.15, 0.2) is 0 Å². The van der Waals surface area contributed by atoms with Crippen LogP contribution >= 0.6 is 0 Å². The molecule has 0 bridgehead atoms. The maximum absolute atomic E-state index is 13.4. The van der Waals surface area contributed by atoms with Crippen molar-refractivity contribution in [2.45, 2.75) is 53.3 Å². The normalized spacial score (nSPS) is 13.1. The Bertz CT molecular complexity index is 965. The standard InChI is InChI=1S/C21H29F3N4O2/c1-6-27(7-2)10-8-9-25-19(29)15(5)28-17-12-14(4)13(3)11-16(17)26-18(20(28)30)21(22,23)24/h11-12,15H,6-10H2,1-5H3,(H,25,29). The van der Waals surface area contributed by atoms with Gasteiger partial charge in [0.1, 0.15) is 6.04 Å². The molecule has 1 amide bonds. The molecule has 9 heteroatoms. The van der Waals surface area contributed by atoms with Crippen molar-refractivity contribution in [1.29, 1.82) is 0 Å². The first-order valence-corrected chi connectivity index (χ1v) is 10.1. The SMILES string of the molecule is CCN(CC)CCCNC(=O)C(C)n1c(=O)c(C(F)(F)F)nc2cc(C)c(C)cc21. The molecule has 0 saturated carbocycles. The van der Waals surface area contributed by atoms with E-state index in [2.05, 4.69) is 15.2 Å². The van der Waals surface area contributed by atoms with Crippen LogP contribution in [0.3, 0.4) is 0 Å². The van der Waals surface area contributed by atoms with Crippen molar-refractivity contribution in [2.24, 2.45) is 0 Å². The van der Waals surface area contributed by atoms with Gasteiger partial charge < -0.3 is 10.2 Å². The molecule has 2 rings (SSSR count). The fourth-order valence-electron chi connectivity index (χ4n) is 3.35. The van der Waals surface area contributed by atoms with Gasteiger partial charge in [-0.1, -0.05) is 13.8 Å².